The van der Waals surface area contributed by atoms with Gasteiger partial charge in [0.25, 0.3) is 0 Å². The third-order valence-electron chi connectivity index (χ3n) is 5.09. The Kier molecular flexibility index (Phi) is 4.10. The van der Waals surface area contributed by atoms with Crippen LogP contribution in [-0.4, -0.2) is 29.0 Å². The second-order valence-corrected chi connectivity index (χ2v) is 6.73. The van der Waals surface area contributed by atoms with Crippen molar-refractivity contribution in [3.63, 3.8) is 0 Å². The molecule has 1 atom stereocenters. The first kappa shape index (κ1) is 15.4. The van der Waals surface area contributed by atoms with Gasteiger partial charge in [-0.15, -0.1) is 5.17 Å². The van der Waals surface area contributed by atoms with Crippen LogP contribution in [0.2, 0.25) is 0 Å². The van der Waals surface area contributed by atoms with Crippen molar-refractivity contribution in [3.05, 3.63) is 41.9 Å². The lowest BCUT2D eigenvalue weighted by Gasteiger charge is -2.35. The number of anilines is 1. The van der Waals surface area contributed by atoms with E-state index in [-0.39, 0.29) is 0 Å². The molecular formula is C19H26N4O. The Morgan fingerprint density at radius 3 is 2.75 bits per heavy atom. The van der Waals surface area contributed by atoms with Crippen molar-refractivity contribution >= 4 is 16.6 Å². The summed E-state index contributed by atoms with van der Waals surface area (Å²) in [7, 11) is 0. The number of aromatic amines is 1. The van der Waals surface area contributed by atoms with E-state index in [0.29, 0.717) is 6.04 Å². The minimum Gasteiger partial charge on any atom is -0.366 e. The van der Waals surface area contributed by atoms with Gasteiger partial charge in [-0.05, 0) is 62.0 Å². The Bertz CT molecular complexity index is 737. The van der Waals surface area contributed by atoms with Crippen LogP contribution in [-0.2, 0) is 17.7 Å². The maximum absolute atomic E-state index is 5.58. The molecule has 0 radical (unpaired) electrons. The largest absolute Gasteiger partial charge is 0.366 e. The van der Waals surface area contributed by atoms with E-state index in [4.69, 9.17) is 4.84 Å². The van der Waals surface area contributed by atoms with Gasteiger partial charge in [-0.2, -0.15) is 0 Å². The van der Waals surface area contributed by atoms with Gasteiger partial charge >= 0.3 is 0 Å². The van der Waals surface area contributed by atoms with Crippen LogP contribution in [0.15, 0.2) is 30.8 Å². The topological polar surface area (TPSA) is 43.5 Å². The zero-order chi connectivity index (χ0) is 16.5. The van der Waals surface area contributed by atoms with E-state index in [2.05, 4.69) is 47.5 Å². The number of hydrogen-bond donors (Lipinski definition) is 2. The van der Waals surface area contributed by atoms with E-state index >= 15 is 0 Å². The van der Waals surface area contributed by atoms with Gasteiger partial charge in [0, 0.05) is 23.1 Å². The molecule has 0 bridgehead atoms. The Hall–Kier alpha value is -2.14. The molecule has 1 aliphatic carbocycles. The summed E-state index contributed by atoms with van der Waals surface area (Å²) in [6.07, 6.45) is 10.3. The van der Waals surface area contributed by atoms with Crippen molar-refractivity contribution < 1.29 is 4.84 Å². The summed E-state index contributed by atoms with van der Waals surface area (Å²) in [4.78, 5) is 11.7. The van der Waals surface area contributed by atoms with Crippen LogP contribution in [0.25, 0.3) is 10.9 Å². The molecule has 1 aromatic heterocycles. The van der Waals surface area contributed by atoms with E-state index in [1.54, 1.807) is 11.4 Å². The van der Waals surface area contributed by atoms with Crippen LogP contribution in [0, 0.1) is 0 Å². The third-order valence-corrected chi connectivity index (χ3v) is 5.09. The lowest BCUT2D eigenvalue weighted by Crippen LogP contribution is -2.41. The average molecular weight is 326 g/mol. The lowest BCUT2D eigenvalue weighted by molar-refractivity contribution is 0.190. The number of H-pyrrole nitrogens is 1. The van der Waals surface area contributed by atoms with Gasteiger partial charge in [0.05, 0.1) is 6.20 Å². The minimum absolute atomic E-state index is 0.563. The molecule has 5 heteroatoms. The molecule has 5 nitrogen and oxygen atoms in total. The predicted octanol–water partition coefficient (Wildman–Crippen LogP) is 3.48. The first-order valence-electron chi connectivity index (χ1n) is 9.05. The van der Waals surface area contributed by atoms with E-state index in [1.807, 2.05) is 6.20 Å². The summed E-state index contributed by atoms with van der Waals surface area (Å²) in [6, 6.07) is 4.86. The zero-order valence-corrected chi connectivity index (χ0v) is 14.5. The van der Waals surface area contributed by atoms with Gasteiger partial charge in [-0.25, -0.2) is 0 Å². The quantitative estimate of drug-likeness (QED) is 0.853. The third kappa shape index (κ3) is 2.53. The summed E-state index contributed by atoms with van der Waals surface area (Å²) in [6.45, 7) is 6.88. The van der Waals surface area contributed by atoms with Gasteiger partial charge in [0.2, 0.25) is 0 Å². The highest BCUT2D eigenvalue weighted by molar-refractivity contribution is 5.92. The lowest BCUT2D eigenvalue weighted by atomic mass is 9.87. The number of rotatable bonds is 6. The normalized spacial score (nSPS) is 19.1. The maximum atomic E-state index is 5.58. The smallest absolute Gasteiger partial charge is 0.139 e. The van der Waals surface area contributed by atoms with Crippen molar-refractivity contribution in [2.75, 3.05) is 18.3 Å². The molecule has 24 heavy (non-hydrogen) atoms. The molecule has 0 fully saturated rings. The zero-order valence-electron chi connectivity index (χ0n) is 14.5. The highest BCUT2D eigenvalue weighted by atomic mass is 16.7. The molecular weight excluding hydrogens is 300 g/mol. The van der Waals surface area contributed by atoms with Crippen LogP contribution in [0.4, 0.5) is 5.69 Å². The Morgan fingerprint density at radius 2 is 2.04 bits per heavy atom. The van der Waals surface area contributed by atoms with Gasteiger partial charge < -0.3 is 9.82 Å². The van der Waals surface area contributed by atoms with Crippen LogP contribution < -0.4 is 10.6 Å². The number of hydrogen-bond acceptors (Lipinski definition) is 4. The number of aromatic nitrogens is 1. The van der Waals surface area contributed by atoms with Gasteiger partial charge in [0.1, 0.15) is 11.9 Å². The van der Waals surface area contributed by atoms with E-state index < -0.39 is 0 Å². The molecule has 4 rings (SSSR count). The molecule has 0 unspecified atom stereocenters. The molecule has 2 N–H and O–H groups in total. The van der Waals surface area contributed by atoms with E-state index in [1.165, 1.54) is 48.0 Å². The van der Waals surface area contributed by atoms with Gasteiger partial charge in [-0.1, -0.05) is 13.8 Å². The van der Waals surface area contributed by atoms with E-state index in [9.17, 15) is 0 Å². The van der Waals surface area contributed by atoms with Crippen LogP contribution in [0.1, 0.15) is 37.8 Å². The Labute approximate surface area is 143 Å². The van der Waals surface area contributed by atoms with Crippen LogP contribution in [0.5, 0.6) is 0 Å². The first-order chi connectivity index (χ1) is 11.8. The molecule has 0 saturated carbocycles. The standard InChI is InChI=1S/C19H26N4O/c1-3-8-22(9-4-2)15-11-14-13-20-17-5-6-18(16(12-15)19(14)17)23-21-7-10-24-23/h5-7,10,13,15,20-21H,3-4,8-9,11-12H2,1-2H3/t15-/m1/s1. The summed E-state index contributed by atoms with van der Waals surface area (Å²) < 4.78 is 0. The maximum Gasteiger partial charge on any atom is 0.139 e. The van der Waals surface area contributed by atoms with Crippen molar-refractivity contribution in [2.45, 2.75) is 45.6 Å². The Balaban J connectivity index is 1.72. The van der Waals surface area contributed by atoms with E-state index in [0.717, 1.165) is 18.5 Å². The second-order valence-electron chi connectivity index (χ2n) is 6.73. The molecule has 0 saturated heterocycles. The van der Waals surface area contributed by atoms with Gasteiger partial charge in [0.15, 0.2) is 0 Å². The molecule has 0 amide bonds. The summed E-state index contributed by atoms with van der Waals surface area (Å²) in [5, 5.41) is 3.15. The molecule has 2 heterocycles. The average Bonchev–Trinajstić information content (AvgIpc) is 3.26. The fraction of sp³-hybridized carbons (Fsp3) is 0.474. The molecule has 1 aromatic carbocycles. The summed E-state index contributed by atoms with van der Waals surface area (Å²) in [5.74, 6) is 0. The summed E-state index contributed by atoms with van der Waals surface area (Å²) in [5.41, 5.74) is 8.31. The monoisotopic (exact) mass is 326 g/mol. The predicted molar refractivity (Wildman–Crippen MR) is 97.5 cm³/mol. The molecule has 0 spiro atoms. The fourth-order valence-electron chi connectivity index (χ4n) is 4.14. The molecule has 128 valence electrons. The van der Waals surface area contributed by atoms with Crippen LogP contribution >= 0.6 is 0 Å². The van der Waals surface area contributed by atoms with Crippen molar-refractivity contribution in [2.24, 2.45) is 0 Å². The van der Waals surface area contributed by atoms with Crippen LogP contribution in [0.3, 0.4) is 0 Å². The highest BCUT2D eigenvalue weighted by Crippen LogP contribution is 2.37. The summed E-state index contributed by atoms with van der Waals surface area (Å²) >= 11 is 0. The fourth-order valence-corrected chi connectivity index (χ4v) is 4.14. The Morgan fingerprint density at radius 1 is 1.21 bits per heavy atom. The SMILES string of the molecule is CCCN(CCC)[C@@H]1Cc2c[nH]c3ccc(N4NC=CO4)c(c23)C1. The number of benzene rings is 1. The van der Waals surface area contributed by atoms with Crippen molar-refractivity contribution in [1.29, 1.82) is 0 Å². The number of hydrazine groups is 1. The van der Waals surface area contributed by atoms with Crippen molar-refractivity contribution in [3.8, 4) is 0 Å². The highest BCUT2D eigenvalue weighted by Gasteiger charge is 2.29. The molecule has 2 aromatic rings. The number of nitrogens with one attached hydrogen (secondary N) is 2. The molecule has 2 aliphatic rings. The van der Waals surface area contributed by atoms with Gasteiger partial charge in [-0.3, -0.25) is 10.3 Å². The molecule has 1 aliphatic heterocycles. The van der Waals surface area contributed by atoms with Crippen molar-refractivity contribution in [1.82, 2.24) is 15.3 Å². The number of nitrogens with zero attached hydrogens (tertiary/aromatic N) is 2. The minimum atomic E-state index is 0.563. The first-order valence-corrected chi connectivity index (χ1v) is 9.05. The second kappa shape index (κ2) is 6.40.